The normalized spacial score (nSPS) is 18.4. The van der Waals surface area contributed by atoms with Gasteiger partial charge in [-0.25, -0.2) is 0 Å². The Morgan fingerprint density at radius 2 is 2.33 bits per heavy atom. The van der Waals surface area contributed by atoms with Crippen molar-refractivity contribution in [3.63, 3.8) is 0 Å². The molecule has 130 valence electrons. The van der Waals surface area contributed by atoms with Crippen molar-refractivity contribution in [3.05, 3.63) is 17.5 Å². The lowest BCUT2D eigenvalue weighted by molar-refractivity contribution is -0.128. The van der Waals surface area contributed by atoms with E-state index >= 15 is 0 Å². The summed E-state index contributed by atoms with van der Waals surface area (Å²) in [6.45, 7) is 1.99. The molecule has 1 saturated heterocycles. The summed E-state index contributed by atoms with van der Waals surface area (Å²) in [6, 6.07) is 0.681. The molecule has 0 saturated carbocycles. The van der Waals surface area contributed by atoms with Crippen LogP contribution in [0.1, 0.15) is 35.5 Å². The standard InChI is InChI=1S/C15H20N4O5/c1-9-5-12(19-24-9)15(23)17-7-13(21)18-11(8-20)6-10-3-2-4-16-14(10)22/h5,8,10-11H,2-4,6-7H2,1H3,(H,16,22)(H,17,23)(H,18,21)/t10-,11?/m0/s1. The van der Waals surface area contributed by atoms with Crippen LogP contribution in [0.5, 0.6) is 0 Å². The van der Waals surface area contributed by atoms with Crippen molar-refractivity contribution in [1.82, 2.24) is 21.1 Å². The van der Waals surface area contributed by atoms with Crippen LogP contribution in [0.3, 0.4) is 0 Å². The molecular formula is C15H20N4O5. The lowest BCUT2D eigenvalue weighted by Gasteiger charge is -2.24. The third-order valence-corrected chi connectivity index (χ3v) is 3.72. The van der Waals surface area contributed by atoms with Crippen molar-refractivity contribution >= 4 is 24.0 Å². The second-order valence-electron chi connectivity index (χ2n) is 5.68. The molecule has 0 bridgehead atoms. The molecule has 2 rings (SSSR count). The Kier molecular flexibility index (Phi) is 6.05. The van der Waals surface area contributed by atoms with Crippen molar-refractivity contribution in [1.29, 1.82) is 0 Å². The van der Waals surface area contributed by atoms with Crippen molar-refractivity contribution in [2.45, 2.75) is 32.2 Å². The lowest BCUT2D eigenvalue weighted by atomic mass is 9.92. The molecule has 1 unspecified atom stereocenters. The molecular weight excluding hydrogens is 316 g/mol. The Hall–Kier alpha value is -2.71. The summed E-state index contributed by atoms with van der Waals surface area (Å²) in [5.41, 5.74) is 0.0751. The zero-order valence-electron chi connectivity index (χ0n) is 13.3. The first kappa shape index (κ1) is 17.6. The number of nitrogens with zero attached hydrogens (tertiary/aromatic N) is 1. The quantitative estimate of drug-likeness (QED) is 0.565. The first-order valence-corrected chi connectivity index (χ1v) is 7.73. The van der Waals surface area contributed by atoms with Gasteiger partial charge in [0.1, 0.15) is 12.0 Å². The summed E-state index contributed by atoms with van der Waals surface area (Å²) < 4.78 is 4.77. The molecule has 0 radical (unpaired) electrons. The molecule has 9 nitrogen and oxygen atoms in total. The maximum Gasteiger partial charge on any atom is 0.273 e. The Morgan fingerprint density at radius 1 is 1.54 bits per heavy atom. The zero-order chi connectivity index (χ0) is 17.5. The average molecular weight is 336 g/mol. The van der Waals surface area contributed by atoms with Gasteiger partial charge in [-0.1, -0.05) is 5.16 Å². The van der Waals surface area contributed by atoms with Crippen LogP contribution in [0.2, 0.25) is 0 Å². The highest BCUT2D eigenvalue weighted by molar-refractivity contribution is 5.95. The van der Waals surface area contributed by atoms with E-state index in [0.717, 1.165) is 6.42 Å². The van der Waals surface area contributed by atoms with Gasteiger partial charge in [-0.2, -0.15) is 0 Å². The predicted molar refractivity (Wildman–Crippen MR) is 81.9 cm³/mol. The van der Waals surface area contributed by atoms with Crippen LogP contribution in [0, 0.1) is 12.8 Å². The van der Waals surface area contributed by atoms with Crippen LogP contribution in [0.25, 0.3) is 0 Å². The molecule has 2 atom stereocenters. The molecule has 1 aromatic heterocycles. The average Bonchev–Trinajstić information content (AvgIpc) is 3.00. The Labute approximate surface area is 138 Å². The van der Waals surface area contributed by atoms with Crippen molar-refractivity contribution in [3.8, 4) is 0 Å². The highest BCUT2D eigenvalue weighted by Gasteiger charge is 2.26. The number of aryl methyl sites for hydroxylation is 1. The van der Waals surface area contributed by atoms with E-state index in [1.54, 1.807) is 6.92 Å². The fourth-order valence-electron chi connectivity index (χ4n) is 2.50. The van der Waals surface area contributed by atoms with Crippen LogP contribution in [0.4, 0.5) is 0 Å². The third-order valence-electron chi connectivity index (χ3n) is 3.72. The van der Waals surface area contributed by atoms with Gasteiger partial charge < -0.3 is 25.3 Å². The monoisotopic (exact) mass is 336 g/mol. The Morgan fingerprint density at radius 3 is 2.96 bits per heavy atom. The van der Waals surface area contributed by atoms with Crippen molar-refractivity contribution in [2.75, 3.05) is 13.1 Å². The molecule has 3 N–H and O–H groups in total. The minimum Gasteiger partial charge on any atom is -0.361 e. The highest BCUT2D eigenvalue weighted by atomic mass is 16.5. The van der Waals surface area contributed by atoms with E-state index in [1.165, 1.54) is 6.07 Å². The maximum atomic E-state index is 11.8. The lowest BCUT2D eigenvalue weighted by Crippen LogP contribution is -2.46. The van der Waals surface area contributed by atoms with Crippen LogP contribution in [0.15, 0.2) is 10.6 Å². The first-order chi connectivity index (χ1) is 11.5. The van der Waals surface area contributed by atoms with Gasteiger partial charge in [-0.15, -0.1) is 0 Å². The van der Waals surface area contributed by atoms with Gasteiger partial charge in [0.15, 0.2) is 5.69 Å². The number of aromatic nitrogens is 1. The minimum atomic E-state index is -0.766. The van der Waals surface area contributed by atoms with Gasteiger partial charge in [0.2, 0.25) is 11.8 Å². The van der Waals surface area contributed by atoms with E-state index in [0.29, 0.717) is 25.0 Å². The van der Waals surface area contributed by atoms with E-state index in [1.807, 2.05) is 0 Å². The number of carbonyl (C=O) groups excluding carboxylic acids is 4. The number of amides is 3. The SMILES string of the molecule is Cc1cc(C(=O)NCC(=O)NC(C=O)C[C@@H]2CCCNC2=O)no1. The zero-order valence-corrected chi connectivity index (χ0v) is 13.3. The van der Waals surface area contributed by atoms with Gasteiger partial charge in [0.25, 0.3) is 5.91 Å². The molecule has 0 aromatic carbocycles. The van der Waals surface area contributed by atoms with Crippen LogP contribution < -0.4 is 16.0 Å². The number of aldehydes is 1. The molecule has 2 heterocycles. The van der Waals surface area contributed by atoms with Crippen LogP contribution in [-0.4, -0.2) is 48.3 Å². The minimum absolute atomic E-state index is 0.0751. The van der Waals surface area contributed by atoms with Gasteiger partial charge in [-0.05, 0) is 26.2 Å². The largest absolute Gasteiger partial charge is 0.361 e. The van der Waals surface area contributed by atoms with Crippen molar-refractivity contribution < 1.29 is 23.7 Å². The summed E-state index contributed by atoms with van der Waals surface area (Å²) >= 11 is 0. The molecule has 3 amide bonds. The summed E-state index contributed by atoms with van der Waals surface area (Å²) in [7, 11) is 0. The number of hydrogen-bond donors (Lipinski definition) is 3. The molecule has 1 aliphatic rings. The second-order valence-corrected chi connectivity index (χ2v) is 5.68. The van der Waals surface area contributed by atoms with E-state index < -0.39 is 17.9 Å². The summed E-state index contributed by atoms with van der Waals surface area (Å²) in [4.78, 5) is 46.4. The molecule has 24 heavy (non-hydrogen) atoms. The molecule has 1 fully saturated rings. The first-order valence-electron chi connectivity index (χ1n) is 7.73. The Bertz CT molecular complexity index is 627. The molecule has 0 spiro atoms. The number of nitrogens with one attached hydrogen (secondary N) is 3. The fourth-order valence-corrected chi connectivity index (χ4v) is 2.50. The van der Waals surface area contributed by atoms with Gasteiger partial charge in [0, 0.05) is 18.5 Å². The molecule has 1 aliphatic heterocycles. The summed E-state index contributed by atoms with van der Waals surface area (Å²) in [6.07, 6.45) is 2.39. The third kappa shape index (κ3) is 4.90. The maximum absolute atomic E-state index is 11.8. The number of rotatable bonds is 7. The van der Waals surface area contributed by atoms with E-state index in [2.05, 4.69) is 21.1 Å². The predicted octanol–water partition coefficient (Wildman–Crippen LogP) is -0.687. The van der Waals surface area contributed by atoms with Crippen molar-refractivity contribution in [2.24, 2.45) is 5.92 Å². The van der Waals surface area contributed by atoms with Gasteiger partial charge in [0.05, 0.1) is 12.6 Å². The van der Waals surface area contributed by atoms with E-state index in [-0.39, 0.29) is 30.5 Å². The molecule has 9 heteroatoms. The highest BCUT2D eigenvalue weighted by Crippen LogP contribution is 2.16. The van der Waals surface area contributed by atoms with Crippen LogP contribution >= 0.6 is 0 Å². The van der Waals surface area contributed by atoms with Crippen LogP contribution in [-0.2, 0) is 14.4 Å². The molecule has 0 aliphatic carbocycles. The van der Waals surface area contributed by atoms with Gasteiger partial charge in [-0.3, -0.25) is 14.4 Å². The smallest absolute Gasteiger partial charge is 0.273 e. The number of carbonyl (C=O) groups is 4. The Balaban J connectivity index is 1.78. The fraction of sp³-hybridized carbons (Fsp3) is 0.533. The summed E-state index contributed by atoms with van der Waals surface area (Å²) in [5.74, 6) is -0.969. The topological polar surface area (TPSA) is 130 Å². The van der Waals surface area contributed by atoms with E-state index in [4.69, 9.17) is 4.52 Å². The molecule has 1 aromatic rings. The number of piperidine rings is 1. The summed E-state index contributed by atoms with van der Waals surface area (Å²) in [5, 5.41) is 11.2. The number of hydrogen-bond acceptors (Lipinski definition) is 6. The van der Waals surface area contributed by atoms with E-state index in [9.17, 15) is 19.2 Å². The second kappa shape index (κ2) is 8.23. The van der Waals surface area contributed by atoms with Gasteiger partial charge >= 0.3 is 0 Å².